The van der Waals surface area contributed by atoms with E-state index in [4.69, 9.17) is 18.9 Å². The van der Waals surface area contributed by atoms with Gasteiger partial charge in [-0.2, -0.15) is 0 Å². The number of rotatable bonds is 5. The molecule has 2 heterocycles. The van der Waals surface area contributed by atoms with E-state index in [1.54, 1.807) is 0 Å². The molecule has 0 amide bonds. The van der Waals surface area contributed by atoms with E-state index < -0.39 is 18.0 Å². The first-order valence-corrected chi connectivity index (χ1v) is 7.84. The van der Waals surface area contributed by atoms with E-state index in [2.05, 4.69) is 0 Å². The van der Waals surface area contributed by atoms with Crippen molar-refractivity contribution in [1.29, 1.82) is 0 Å². The topological polar surface area (TPSA) is 77.4 Å². The standard InChI is InChI=1S/C15H28O6/c1-5-15(17)8-18-14(13(15)16)21-11-6-7-12(19-9(2)3)20-10(11)4/h9-14,16-17H,5-8H2,1-4H3/t10-,11+,12+,13-,14-,15+/m0/s1. The maximum Gasteiger partial charge on any atom is 0.186 e. The first-order valence-electron chi connectivity index (χ1n) is 7.84. The van der Waals surface area contributed by atoms with Crippen LogP contribution in [0.15, 0.2) is 0 Å². The minimum Gasteiger partial charge on any atom is -0.385 e. The molecule has 2 aliphatic rings. The van der Waals surface area contributed by atoms with Gasteiger partial charge in [0, 0.05) is 6.42 Å². The van der Waals surface area contributed by atoms with Gasteiger partial charge in [-0.05, 0) is 33.6 Å². The van der Waals surface area contributed by atoms with Crippen LogP contribution in [0.5, 0.6) is 0 Å². The minimum absolute atomic E-state index is 0.0936. The molecule has 0 aromatic heterocycles. The molecule has 0 unspecified atom stereocenters. The molecule has 6 atom stereocenters. The lowest BCUT2D eigenvalue weighted by atomic mass is 9.96. The molecule has 2 N–H and O–H groups in total. The van der Waals surface area contributed by atoms with Crippen LogP contribution in [0, 0.1) is 0 Å². The first kappa shape index (κ1) is 17.1. The Bertz CT molecular complexity index is 336. The molecule has 124 valence electrons. The quantitative estimate of drug-likeness (QED) is 0.794. The molecule has 0 aromatic carbocycles. The summed E-state index contributed by atoms with van der Waals surface area (Å²) in [6.07, 6.45) is -0.280. The van der Waals surface area contributed by atoms with Crippen molar-refractivity contribution in [3.8, 4) is 0 Å². The van der Waals surface area contributed by atoms with Crippen LogP contribution >= 0.6 is 0 Å². The Labute approximate surface area is 126 Å². The van der Waals surface area contributed by atoms with Crippen molar-refractivity contribution in [3.63, 3.8) is 0 Å². The highest BCUT2D eigenvalue weighted by Crippen LogP contribution is 2.32. The third kappa shape index (κ3) is 3.94. The molecule has 21 heavy (non-hydrogen) atoms. The molecular weight excluding hydrogens is 276 g/mol. The lowest BCUT2D eigenvalue weighted by molar-refractivity contribution is -0.268. The monoisotopic (exact) mass is 304 g/mol. The molecule has 6 heteroatoms. The lowest BCUT2D eigenvalue weighted by Crippen LogP contribution is -2.47. The fraction of sp³-hybridized carbons (Fsp3) is 1.00. The maximum absolute atomic E-state index is 10.2. The molecule has 0 aromatic rings. The second kappa shape index (κ2) is 6.89. The van der Waals surface area contributed by atoms with Crippen LogP contribution in [0.1, 0.15) is 47.0 Å². The second-order valence-electron chi connectivity index (χ2n) is 6.29. The Hall–Kier alpha value is -0.240. The Kier molecular flexibility index (Phi) is 5.62. The largest absolute Gasteiger partial charge is 0.385 e. The van der Waals surface area contributed by atoms with E-state index in [9.17, 15) is 10.2 Å². The average molecular weight is 304 g/mol. The highest BCUT2D eigenvalue weighted by Gasteiger charge is 2.48. The van der Waals surface area contributed by atoms with Crippen molar-refractivity contribution in [3.05, 3.63) is 0 Å². The highest BCUT2D eigenvalue weighted by molar-refractivity contribution is 4.93. The fourth-order valence-corrected chi connectivity index (χ4v) is 2.77. The summed E-state index contributed by atoms with van der Waals surface area (Å²) in [5.41, 5.74) is -1.22. The number of hydrogen-bond donors (Lipinski definition) is 2. The van der Waals surface area contributed by atoms with Gasteiger partial charge in [-0.1, -0.05) is 6.92 Å². The zero-order valence-corrected chi connectivity index (χ0v) is 13.3. The van der Waals surface area contributed by atoms with Crippen molar-refractivity contribution in [2.75, 3.05) is 6.61 Å². The summed E-state index contributed by atoms with van der Waals surface area (Å²) >= 11 is 0. The molecule has 0 radical (unpaired) electrons. The van der Waals surface area contributed by atoms with Crippen LogP contribution in [0.3, 0.4) is 0 Å². The van der Waals surface area contributed by atoms with Crippen LogP contribution in [0.4, 0.5) is 0 Å². The third-order valence-electron chi connectivity index (χ3n) is 4.23. The van der Waals surface area contributed by atoms with E-state index in [0.717, 1.165) is 12.8 Å². The van der Waals surface area contributed by atoms with Gasteiger partial charge in [0.25, 0.3) is 0 Å². The summed E-state index contributed by atoms with van der Waals surface area (Å²) in [5, 5.41) is 20.3. The number of aliphatic hydroxyl groups excluding tert-OH is 1. The SMILES string of the molecule is CC[C@@]1(O)CO[C@@H](O[C@@H]2CC[C@H](OC(C)C)O[C@H]2C)[C@@H]1O. The van der Waals surface area contributed by atoms with Gasteiger partial charge in [-0.15, -0.1) is 0 Å². The smallest absolute Gasteiger partial charge is 0.186 e. The Morgan fingerprint density at radius 1 is 1.33 bits per heavy atom. The first-order chi connectivity index (χ1) is 9.85. The van der Waals surface area contributed by atoms with Crippen LogP contribution in [0.25, 0.3) is 0 Å². The molecule has 2 fully saturated rings. The molecule has 0 spiro atoms. The Balaban J connectivity index is 1.85. The molecule has 0 saturated carbocycles. The van der Waals surface area contributed by atoms with Gasteiger partial charge in [0.1, 0.15) is 11.7 Å². The summed E-state index contributed by atoms with van der Waals surface area (Å²) in [4.78, 5) is 0. The number of hydrogen-bond acceptors (Lipinski definition) is 6. The molecule has 2 aliphatic heterocycles. The zero-order chi connectivity index (χ0) is 15.6. The minimum atomic E-state index is -1.22. The number of ether oxygens (including phenoxy) is 4. The molecule has 0 bridgehead atoms. The second-order valence-corrected chi connectivity index (χ2v) is 6.29. The van der Waals surface area contributed by atoms with Crippen molar-refractivity contribution in [2.24, 2.45) is 0 Å². The predicted octanol–water partition coefficient (Wildman–Crippen LogP) is 1.18. The van der Waals surface area contributed by atoms with Crippen LogP contribution in [0.2, 0.25) is 0 Å². The van der Waals surface area contributed by atoms with Crippen molar-refractivity contribution >= 4 is 0 Å². The molecular formula is C15H28O6. The normalized spacial score (nSPS) is 44.4. The van der Waals surface area contributed by atoms with E-state index in [1.165, 1.54) is 0 Å². The summed E-state index contributed by atoms with van der Waals surface area (Å²) in [6, 6.07) is 0. The van der Waals surface area contributed by atoms with Gasteiger partial charge in [0.2, 0.25) is 0 Å². The molecule has 2 saturated heterocycles. The number of aliphatic hydroxyl groups is 2. The van der Waals surface area contributed by atoms with Crippen LogP contribution in [-0.2, 0) is 18.9 Å². The summed E-state index contributed by atoms with van der Waals surface area (Å²) in [7, 11) is 0. The predicted molar refractivity (Wildman–Crippen MR) is 75.7 cm³/mol. The van der Waals surface area contributed by atoms with E-state index >= 15 is 0 Å². The Morgan fingerprint density at radius 2 is 2.05 bits per heavy atom. The van der Waals surface area contributed by atoms with E-state index in [1.807, 2.05) is 27.7 Å². The van der Waals surface area contributed by atoms with Crippen molar-refractivity contribution < 1.29 is 29.2 Å². The summed E-state index contributed by atoms with van der Waals surface area (Å²) < 4.78 is 22.7. The van der Waals surface area contributed by atoms with Gasteiger partial charge in [0.05, 0.1) is 24.9 Å². The van der Waals surface area contributed by atoms with Gasteiger partial charge >= 0.3 is 0 Å². The van der Waals surface area contributed by atoms with Gasteiger partial charge in [-0.3, -0.25) is 0 Å². The van der Waals surface area contributed by atoms with Gasteiger partial charge in [-0.25, -0.2) is 0 Å². The molecule has 0 aliphatic carbocycles. The van der Waals surface area contributed by atoms with Gasteiger partial charge < -0.3 is 29.2 Å². The highest BCUT2D eigenvalue weighted by atomic mass is 16.7. The maximum atomic E-state index is 10.2. The Morgan fingerprint density at radius 3 is 2.57 bits per heavy atom. The van der Waals surface area contributed by atoms with Crippen molar-refractivity contribution in [1.82, 2.24) is 0 Å². The fourth-order valence-electron chi connectivity index (χ4n) is 2.77. The van der Waals surface area contributed by atoms with E-state index in [0.29, 0.717) is 6.42 Å². The average Bonchev–Trinajstić information content (AvgIpc) is 2.70. The van der Waals surface area contributed by atoms with Crippen LogP contribution in [-0.4, -0.2) is 59.4 Å². The molecule has 2 rings (SSSR count). The van der Waals surface area contributed by atoms with E-state index in [-0.39, 0.29) is 31.2 Å². The lowest BCUT2D eigenvalue weighted by Gasteiger charge is -2.36. The summed E-state index contributed by atoms with van der Waals surface area (Å²) in [6.45, 7) is 7.79. The molecule has 6 nitrogen and oxygen atoms in total. The van der Waals surface area contributed by atoms with Crippen molar-refractivity contribution in [2.45, 2.75) is 89.6 Å². The van der Waals surface area contributed by atoms with Crippen LogP contribution < -0.4 is 0 Å². The zero-order valence-electron chi connectivity index (χ0n) is 13.3. The van der Waals surface area contributed by atoms with Gasteiger partial charge in [0.15, 0.2) is 12.6 Å². The third-order valence-corrected chi connectivity index (χ3v) is 4.23. The summed E-state index contributed by atoms with van der Waals surface area (Å²) in [5.74, 6) is 0.